The summed E-state index contributed by atoms with van der Waals surface area (Å²) in [4.78, 5) is 14.7. The fraction of sp³-hybridized carbons (Fsp3) is 0.267. The van der Waals surface area contributed by atoms with Crippen LogP contribution in [0.15, 0.2) is 41.4 Å². The van der Waals surface area contributed by atoms with Gasteiger partial charge in [-0.1, -0.05) is 23.4 Å². The smallest absolute Gasteiger partial charge is 0.303 e. The van der Waals surface area contributed by atoms with Crippen LogP contribution in [0.4, 0.5) is 0 Å². The first kappa shape index (κ1) is 13.4. The number of aliphatic carboxylic acids is 1. The molecule has 3 aromatic rings. The highest BCUT2D eigenvalue weighted by Gasteiger charge is 2.10. The summed E-state index contributed by atoms with van der Waals surface area (Å²) in [6.45, 7) is 0.538. The van der Waals surface area contributed by atoms with Crippen LogP contribution in [-0.2, 0) is 17.8 Å². The molecule has 0 unspecified atom stereocenters. The molecular formula is C15H15N3O3. The first-order chi connectivity index (χ1) is 10.2. The molecule has 1 aromatic carbocycles. The van der Waals surface area contributed by atoms with Gasteiger partial charge in [-0.25, -0.2) is 0 Å². The quantitative estimate of drug-likeness (QED) is 0.752. The van der Waals surface area contributed by atoms with Crippen LogP contribution in [0.2, 0.25) is 0 Å². The molecule has 3 rings (SSSR count). The van der Waals surface area contributed by atoms with Crippen molar-refractivity contribution in [2.45, 2.75) is 25.8 Å². The Morgan fingerprint density at radius 2 is 2.19 bits per heavy atom. The zero-order chi connectivity index (χ0) is 14.7. The lowest BCUT2D eigenvalue weighted by molar-refractivity contribution is -0.137. The van der Waals surface area contributed by atoms with Crippen molar-refractivity contribution in [3.05, 3.63) is 48.2 Å². The predicted molar refractivity (Wildman–Crippen MR) is 75.9 cm³/mol. The Kier molecular flexibility index (Phi) is 3.68. The summed E-state index contributed by atoms with van der Waals surface area (Å²) in [6.07, 6.45) is 4.92. The van der Waals surface area contributed by atoms with Gasteiger partial charge in [0.1, 0.15) is 0 Å². The minimum Gasteiger partial charge on any atom is -0.481 e. The fourth-order valence-corrected chi connectivity index (χ4v) is 2.50. The molecule has 0 aliphatic heterocycles. The summed E-state index contributed by atoms with van der Waals surface area (Å²) >= 11 is 0. The highest BCUT2D eigenvalue weighted by molar-refractivity contribution is 5.84. The molecule has 2 heterocycles. The number of aromatic nitrogens is 3. The molecule has 108 valence electrons. The molecule has 2 aromatic heterocycles. The molecule has 0 atom stereocenters. The maximum atomic E-state index is 10.6. The molecule has 0 bridgehead atoms. The van der Waals surface area contributed by atoms with E-state index in [2.05, 4.69) is 20.8 Å². The lowest BCUT2D eigenvalue weighted by atomic mass is 10.1. The number of rotatable bonds is 6. The highest BCUT2D eigenvalue weighted by Crippen LogP contribution is 2.23. The number of hydrogen-bond acceptors (Lipinski definition) is 4. The molecule has 21 heavy (non-hydrogen) atoms. The van der Waals surface area contributed by atoms with E-state index in [9.17, 15) is 4.79 Å². The van der Waals surface area contributed by atoms with Gasteiger partial charge in [-0.2, -0.15) is 4.98 Å². The van der Waals surface area contributed by atoms with Gasteiger partial charge in [0.15, 0.2) is 5.82 Å². The molecule has 0 radical (unpaired) electrons. The van der Waals surface area contributed by atoms with E-state index in [1.54, 1.807) is 0 Å². The third-order valence-corrected chi connectivity index (χ3v) is 3.43. The largest absolute Gasteiger partial charge is 0.481 e. The molecule has 0 aliphatic carbocycles. The normalized spacial score (nSPS) is 11.0. The van der Waals surface area contributed by atoms with Crippen LogP contribution in [0.3, 0.4) is 0 Å². The van der Waals surface area contributed by atoms with Crippen molar-refractivity contribution in [3.8, 4) is 0 Å². The molecule has 0 saturated carbocycles. The maximum Gasteiger partial charge on any atom is 0.303 e. The monoisotopic (exact) mass is 285 g/mol. The third kappa shape index (κ3) is 2.94. The predicted octanol–water partition coefficient (Wildman–Crippen LogP) is 2.48. The maximum absolute atomic E-state index is 10.6. The Hall–Kier alpha value is -2.63. The van der Waals surface area contributed by atoms with E-state index in [1.807, 2.05) is 24.4 Å². The van der Waals surface area contributed by atoms with Gasteiger partial charge in [-0.15, -0.1) is 0 Å². The van der Waals surface area contributed by atoms with Crippen molar-refractivity contribution in [2.75, 3.05) is 0 Å². The van der Waals surface area contributed by atoms with Crippen molar-refractivity contribution in [1.82, 2.24) is 14.7 Å². The summed E-state index contributed by atoms with van der Waals surface area (Å²) in [6, 6.07) is 8.06. The molecule has 1 N–H and O–H groups in total. The van der Waals surface area contributed by atoms with E-state index in [0.29, 0.717) is 18.8 Å². The zero-order valence-corrected chi connectivity index (χ0v) is 11.4. The zero-order valence-electron chi connectivity index (χ0n) is 11.4. The van der Waals surface area contributed by atoms with E-state index in [0.717, 1.165) is 22.9 Å². The van der Waals surface area contributed by atoms with Crippen molar-refractivity contribution in [3.63, 3.8) is 0 Å². The Bertz CT molecular complexity index is 747. The van der Waals surface area contributed by atoms with Gasteiger partial charge >= 0.3 is 5.97 Å². The summed E-state index contributed by atoms with van der Waals surface area (Å²) in [5, 5.41) is 13.7. The highest BCUT2D eigenvalue weighted by atomic mass is 16.5. The second-order valence-electron chi connectivity index (χ2n) is 4.89. The van der Waals surface area contributed by atoms with Crippen molar-refractivity contribution in [1.29, 1.82) is 0 Å². The average Bonchev–Trinajstić information content (AvgIpc) is 3.09. The van der Waals surface area contributed by atoms with Crippen LogP contribution >= 0.6 is 0 Å². The number of carbonyl (C=O) groups is 1. The van der Waals surface area contributed by atoms with Crippen LogP contribution in [0.5, 0.6) is 0 Å². The van der Waals surface area contributed by atoms with Gasteiger partial charge in [0.2, 0.25) is 6.39 Å². The minimum absolute atomic E-state index is 0.185. The van der Waals surface area contributed by atoms with Crippen LogP contribution in [-0.4, -0.2) is 25.8 Å². The third-order valence-electron chi connectivity index (χ3n) is 3.43. The van der Waals surface area contributed by atoms with Crippen LogP contribution < -0.4 is 0 Å². The number of hydrogen-bond donors (Lipinski definition) is 1. The van der Waals surface area contributed by atoms with Crippen molar-refractivity contribution >= 4 is 16.9 Å². The van der Waals surface area contributed by atoms with E-state index >= 15 is 0 Å². The Labute approximate surface area is 121 Å². The number of carboxylic acids is 1. The minimum atomic E-state index is -0.759. The molecule has 0 spiro atoms. The molecule has 0 amide bonds. The molecule has 0 aliphatic rings. The number of fused-ring (bicyclic) bond motifs is 1. The summed E-state index contributed by atoms with van der Waals surface area (Å²) in [7, 11) is 0. The number of benzene rings is 1. The lowest BCUT2D eigenvalue weighted by Gasteiger charge is -2.00. The number of para-hydroxylation sites is 1. The van der Waals surface area contributed by atoms with E-state index in [1.165, 1.54) is 6.39 Å². The molecule has 6 heteroatoms. The standard InChI is InChI=1S/C15H15N3O3/c19-15(20)7-3-4-11-8-18(9-14-16-10-21-17-14)13-6-2-1-5-12(11)13/h1-2,5-6,8,10H,3-4,7,9H2,(H,19,20). The first-order valence-electron chi connectivity index (χ1n) is 6.78. The topological polar surface area (TPSA) is 81.1 Å². The van der Waals surface area contributed by atoms with Gasteiger partial charge < -0.3 is 14.2 Å². The second-order valence-corrected chi connectivity index (χ2v) is 4.89. The summed E-state index contributed by atoms with van der Waals surface area (Å²) in [5.74, 6) is -0.140. The van der Waals surface area contributed by atoms with Gasteiger partial charge in [-0.05, 0) is 24.5 Å². The summed E-state index contributed by atoms with van der Waals surface area (Å²) < 4.78 is 6.82. The van der Waals surface area contributed by atoms with Gasteiger partial charge in [0, 0.05) is 23.5 Å². The summed E-state index contributed by atoms with van der Waals surface area (Å²) in [5.41, 5.74) is 2.24. The second kappa shape index (κ2) is 5.78. The van der Waals surface area contributed by atoms with Gasteiger partial charge in [0.25, 0.3) is 0 Å². The Balaban J connectivity index is 1.88. The molecular weight excluding hydrogens is 270 g/mol. The van der Waals surface area contributed by atoms with Crippen LogP contribution in [0, 0.1) is 0 Å². The fourth-order valence-electron chi connectivity index (χ4n) is 2.50. The Morgan fingerprint density at radius 1 is 1.33 bits per heavy atom. The van der Waals surface area contributed by atoms with Crippen LogP contribution in [0.25, 0.3) is 10.9 Å². The van der Waals surface area contributed by atoms with E-state index in [-0.39, 0.29) is 6.42 Å². The number of aryl methyl sites for hydroxylation is 1. The molecule has 6 nitrogen and oxygen atoms in total. The van der Waals surface area contributed by atoms with Gasteiger partial charge in [-0.3, -0.25) is 4.79 Å². The van der Waals surface area contributed by atoms with Crippen LogP contribution in [0.1, 0.15) is 24.2 Å². The van der Waals surface area contributed by atoms with Crippen molar-refractivity contribution in [2.24, 2.45) is 0 Å². The SMILES string of the molecule is O=C(O)CCCc1cn(Cc2ncon2)c2ccccc12. The lowest BCUT2D eigenvalue weighted by Crippen LogP contribution is -1.99. The number of carboxylic acid groups (broad SMARTS) is 1. The molecule has 0 fully saturated rings. The number of nitrogens with zero attached hydrogens (tertiary/aromatic N) is 3. The first-order valence-corrected chi connectivity index (χ1v) is 6.78. The van der Waals surface area contributed by atoms with E-state index in [4.69, 9.17) is 9.63 Å². The van der Waals surface area contributed by atoms with Gasteiger partial charge in [0.05, 0.1) is 6.54 Å². The Morgan fingerprint density at radius 3 is 2.95 bits per heavy atom. The molecule has 0 saturated heterocycles. The van der Waals surface area contributed by atoms with E-state index < -0.39 is 5.97 Å². The average molecular weight is 285 g/mol. The van der Waals surface area contributed by atoms with Crippen molar-refractivity contribution < 1.29 is 14.4 Å².